The van der Waals surface area contributed by atoms with Crippen LogP contribution >= 0.6 is 0 Å². The van der Waals surface area contributed by atoms with Gasteiger partial charge < -0.3 is 15.0 Å². The number of hydrogen-bond donors (Lipinski definition) is 1. The third-order valence-corrected chi connectivity index (χ3v) is 3.32. The van der Waals surface area contributed by atoms with E-state index in [0.29, 0.717) is 0 Å². The minimum absolute atomic E-state index is 0.155. The highest BCUT2D eigenvalue weighted by Gasteiger charge is 2.32. The Morgan fingerprint density at radius 1 is 1.22 bits per heavy atom. The zero-order valence-corrected chi connectivity index (χ0v) is 13.1. The van der Waals surface area contributed by atoms with Crippen molar-refractivity contribution in [2.24, 2.45) is 0 Å². The molecule has 4 nitrogen and oxygen atoms in total. The number of ether oxygens (including phenoxy) is 1. The second-order valence-corrected chi connectivity index (χ2v) is 6.31. The van der Waals surface area contributed by atoms with Crippen LogP contribution in [0.1, 0.15) is 32.4 Å². The van der Waals surface area contributed by atoms with Gasteiger partial charge in [0.15, 0.2) is 23.3 Å². The summed E-state index contributed by atoms with van der Waals surface area (Å²) >= 11 is 0. The topological polar surface area (TPSA) is 41.6 Å². The molecular weight excluding hydrogens is 316 g/mol. The van der Waals surface area contributed by atoms with Crippen LogP contribution in [0.3, 0.4) is 0 Å². The van der Waals surface area contributed by atoms with E-state index >= 15 is 0 Å². The van der Waals surface area contributed by atoms with E-state index in [1.807, 2.05) is 0 Å². The molecule has 8 heteroatoms. The first-order chi connectivity index (χ1) is 10.6. The Balaban J connectivity index is 2.24. The number of halogens is 4. The third-order valence-electron chi connectivity index (χ3n) is 3.32. The largest absolute Gasteiger partial charge is 0.444 e. The minimum atomic E-state index is -1.48. The molecule has 1 aromatic carbocycles. The number of carbonyl (C=O) groups excluding carboxylic acids is 1. The first-order valence-electron chi connectivity index (χ1n) is 7.14. The summed E-state index contributed by atoms with van der Waals surface area (Å²) in [5, 5.41) is 2.76. The summed E-state index contributed by atoms with van der Waals surface area (Å²) < 4.78 is 59.6. The zero-order valence-electron chi connectivity index (χ0n) is 13.1. The van der Waals surface area contributed by atoms with E-state index in [2.05, 4.69) is 5.32 Å². The Labute approximate surface area is 131 Å². The molecule has 128 valence electrons. The summed E-state index contributed by atoms with van der Waals surface area (Å²) in [6, 6.07) is -0.913. The molecule has 2 rings (SSSR count). The fraction of sp³-hybridized carbons (Fsp3) is 0.533. The number of amides is 1. The van der Waals surface area contributed by atoms with E-state index in [-0.39, 0.29) is 25.7 Å². The molecule has 0 radical (unpaired) electrons. The molecule has 1 atom stereocenters. The second-order valence-electron chi connectivity index (χ2n) is 6.31. The lowest BCUT2D eigenvalue weighted by molar-refractivity contribution is 0.0192. The molecule has 0 aliphatic carbocycles. The number of benzene rings is 1. The molecule has 1 unspecified atom stereocenters. The van der Waals surface area contributed by atoms with Crippen LogP contribution in [-0.2, 0) is 4.74 Å². The average molecular weight is 334 g/mol. The zero-order chi connectivity index (χ0) is 17.4. The van der Waals surface area contributed by atoms with Gasteiger partial charge in [-0.1, -0.05) is 0 Å². The van der Waals surface area contributed by atoms with Crippen molar-refractivity contribution in [3.63, 3.8) is 0 Å². The standard InChI is InChI=1S/C15H18F4N2O2/c1-15(2,3)23-14(22)21-5-4-20-10(7-21)11-12(18)8(16)6-9(17)13(11)19/h6,10,20H,4-5,7H2,1-3H3. The Morgan fingerprint density at radius 2 is 1.78 bits per heavy atom. The molecule has 1 fully saturated rings. The van der Waals surface area contributed by atoms with Gasteiger partial charge in [0.1, 0.15) is 5.60 Å². The number of nitrogens with zero attached hydrogens (tertiary/aromatic N) is 1. The van der Waals surface area contributed by atoms with E-state index in [9.17, 15) is 22.4 Å². The minimum Gasteiger partial charge on any atom is -0.444 e. The van der Waals surface area contributed by atoms with Crippen molar-refractivity contribution in [3.8, 4) is 0 Å². The average Bonchev–Trinajstić information content (AvgIpc) is 2.44. The molecule has 1 saturated heterocycles. The molecule has 1 aromatic rings. The number of rotatable bonds is 1. The predicted molar refractivity (Wildman–Crippen MR) is 74.8 cm³/mol. The van der Waals surface area contributed by atoms with Gasteiger partial charge in [0.05, 0.1) is 6.04 Å². The summed E-state index contributed by atoms with van der Waals surface area (Å²) in [7, 11) is 0. The molecule has 1 aliphatic rings. The maximum Gasteiger partial charge on any atom is 0.410 e. The Hall–Kier alpha value is -1.83. The van der Waals surface area contributed by atoms with Crippen LogP contribution in [0.2, 0.25) is 0 Å². The lowest BCUT2D eigenvalue weighted by atomic mass is 10.0. The van der Waals surface area contributed by atoms with Crippen LogP contribution in [0.5, 0.6) is 0 Å². The molecular formula is C15H18F4N2O2. The first-order valence-corrected chi connectivity index (χ1v) is 7.14. The maximum absolute atomic E-state index is 13.9. The molecule has 1 heterocycles. The lowest BCUT2D eigenvalue weighted by Gasteiger charge is -2.35. The van der Waals surface area contributed by atoms with Gasteiger partial charge in [-0.15, -0.1) is 0 Å². The van der Waals surface area contributed by atoms with Gasteiger partial charge in [-0.3, -0.25) is 0 Å². The van der Waals surface area contributed by atoms with Gasteiger partial charge in [0.25, 0.3) is 0 Å². The van der Waals surface area contributed by atoms with E-state index < -0.39 is 46.6 Å². The van der Waals surface area contributed by atoms with Crippen LogP contribution in [0.4, 0.5) is 22.4 Å². The van der Waals surface area contributed by atoms with Gasteiger partial charge in [0, 0.05) is 31.3 Å². The molecule has 0 bridgehead atoms. The van der Waals surface area contributed by atoms with E-state index in [0.717, 1.165) is 0 Å². The summed E-state index contributed by atoms with van der Waals surface area (Å²) in [4.78, 5) is 13.3. The SMILES string of the molecule is CC(C)(C)OC(=O)N1CCNC(c2c(F)c(F)cc(F)c2F)C1. The van der Waals surface area contributed by atoms with Gasteiger partial charge in [-0.05, 0) is 20.8 Å². The Kier molecular flexibility index (Phi) is 4.84. The van der Waals surface area contributed by atoms with Crippen molar-refractivity contribution in [1.29, 1.82) is 0 Å². The molecule has 1 N–H and O–H groups in total. The smallest absolute Gasteiger partial charge is 0.410 e. The van der Waals surface area contributed by atoms with E-state index in [1.165, 1.54) is 4.90 Å². The van der Waals surface area contributed by atoms with E-state index in [1.54, 1.807) is 20.8 Å². The summed E-state index contributed by atoms with van der Waals surface area (Å²) in [6.45, 7) is 5.36. The molecule has 0 aromatic heterocycles. The summed E-state index contributed by atoms with van der Waals surface area (Å²) in [6.07, 6.45) is -0.651. The van der Waals surface area contributed by atoms with Crippen molar-refractivity contribution in [2.45, 2.75) is 32.4 Å². The molecule has 1 aliphatic heterocycles. The number of nitrogens with one attached hydrogen (secondary N) is 1. The fourth-order valence-electron chi connectivity index (χ4n) is 2.33. The van der Waals surface area contributed by atoms with Crippen molar-refractivity contribution < 1.29 is 27.1 Å². The fourth-order valence-corrected chi connectivity index (χ4v) is 2.33. The monoisotopic (exact) mass is 334 g/mol. The highest BCUT2D eigenvalue weighted by molar-refractivity contribution is 5.68. The normalized spacial score (nSPS) is 18.9. The van der Waals surface area contributed by atoms with Crippen LogP contribution in [0.25, 0.3) is 0 Å². The van der Waals surface area contributed by atoms with Gasteiger partial charge in [0.2, 0.25) is 0 Å². The van der Waals surface area contributed by atoms with E-state index in [4.69, 9.17) is 4.74 Å². The quantitative estimate of drug-likeness (QED) is 0.634. The maximum atomic E-state index is 13.9. The summed E-state index contributed by atoms with van der Waals surface area (Å²) in [5.74, 6) is -5.88. The molecule has 1 amide bonds. The van der Waals surface area contributed by atoms with Crippen LogP contribution in [-0.4, -0.2) is 36.2 Å². The second kappa shape index (κ2) is 6.35. The van der Waals surface area contributed by atoms with Gasteiger partial charge >= 0.3 is 6.09 Å². The van der Waals surface area contributed by atoms with Crippen molar-refractivity contribution in [1.82, 2.24) is 10.2 Å². The van der Waals surface area contributed by atoms with Crippen molar-refractivity contribution >= 4 is 6.09 Å². The first kappa shape index (κ1) is 17.5. The Morgan fingerprint density at radius 3 is 2.30 bits per heavy atom. The molecule has 0 spiro atoms. The number of piperazine rings is 1. The molecule has 0 saturated carbocycles. The highest BCUT2D eigenvalue weighted by Crippen LogP contribution is 2.27. The van der Waals surface area contributed by atoms with Crippen LogP contribution in [0.15, 0.2) is 6.07 Å². The van der Waals surface area contributed by atoms with Gasteiger partial charge in [-0.2, -0.15) is 0 Å². The number of carbonyl (C=O) groups is 1. The van der Waals surface area contributed by atoms with Crippen molar-refractivity contribution in [3.05, 3.63) is 34.9 Å². The molecule has 23 heavy (non-hydrogen) atoms. The Bertz CT molecular complexity index is 590. The van der Waals surface area contributed by atoms with Crippen LogP contribution in [0, 0.1) is 23.3 Å². The predicted octanol–water partition coefficient (Wildman–Crippen LogP) is 3.12. The lowest BCUT2D eigenvalue weighted by Crippen LogP contribution is -2.50. The van der Waals surface area contributed by atoms with Gasteiger partial charge in [-0.25, -0.2) is 22.4 Å². The van der Waals surface area contributed by atoms with Crippen molar-refractivity contribution in [2.75, 3.05) is 19.6 Å². The third kappa shape index (κ3) is 3.93. The highest BCUT2D eigenvalue weighted by atomic mass is 19.2. The summed E-state index contributed by atoms with van der Waals surface area (Å²) in [5.41, 5.74) is -1.48. The van der Waals surface area contributed by atoms with Crippen LogP contribution < -0.4 is 5.32 Å². The number of hydrogen-bond acceptors (Lipinski definition) is 3.